The van der Waals surface area contributed by atoms with Gasteiger partial charge in [0, 0.05) is 0 Å². The van der Waals surface area contributed by atoms with Crippen LogP contribution in [-0.4, -0.2) is 10.1 Å². The number of rotatable bonds is 3. The molecule has 0 bridgehead atoms. The first-order valence-electron chi connectivity index (χ1n) is 4.38. The van der Waals surface area contributed by atoms with Gasteiger partial charge in [-0.3, -0.25) is 14.5 Å². The largest absolute Gasteiger partial charge is 0.440 e. The summed E-state index contributed by atoms with van der Waals surface area (Å²) in [5.74, 6) is 5.28. The Balaban J connectivity index is 2.10. The second-order valence-corrected chi connectivity index (χ2v) is 3.03. The maximum Gasteiger partial charge on any atom is 0.440 e. The van der Waals surface area contributed by atoms with Crippen LogP contribution in [0.15, 0.2) is 39.6 Å². The number of aromatic amines is 1. The van der Waals surface area contributed by atoms with Gasteiger partial charge in [0.05, 0.1) is 6.54 Å². The molecule has 6 heteroatoms. The summed E-state index contributed by atoms with van der Waals surface area (Å²) in [4.78, 5) is 13.0. The first-order valence-corrected chi connectivity index (χ1v) is 4.38. The Bertz CT molecular complexity index is 476. The molecular formula is C9H10N4O2. The molecule has 0 saturated heterocycles. The summed E-state index contributed by atoms with van der Waals surface area (Å²) in [6, 6.07) is 9.60. The van der Waals surface area contributed by atoms with Gasteiger partial charge in [0.15, 0.2) is 0 Å². The minimum absolute atomic E-state index is 0.212. The van der Waals surface area contributed by atoms with E-state index in [0.717, 1.165) is 5.56 Å². The van der Waals surface area contributed by atoms with Crippen LogP contribution in [0.3, 0.4) is 0 Å². The van der Waals surface area contributed by atoms with Crippen molar-refractivity contribution < 1.29 is 4.52 Å². The quantitative estimate of drug-likeness (QED) is 0.555. The number of nitrogens with one attached hydrogen (secondary N) is 1. The fourth-order valence-corrected chi connectivity index (χ4v) is 1.20. The Kier molecular flexibility index (Phi) is 2.51. The molecule has 0 amide bonds. The van der Waals surface area contributed by atoms with Gasteiger partial charge in [0.1, 0.15) is 0 Å². The predicted octanol–water partition coefficient (Wildman–Crippen LogP) is 0.243. The maximum atomic E-state index is 10.7. The van der Waals surface area contributed by atoms with Crippen LogP contribution in [0, 0.1) is 0 Å². The minimum Gasteiger partial charge on any atom is -0.294 e. The lowest BCUT2D eigenvalue weighted by atomic mass is 10.2. The van der Waals surface area contributed by atoms with Gasteiger partial charge < -0.3 is 0 Å². The van der Waals surface area contributed by atoms with E-state index in [4.69, 9.17) is 5.84 Å². The van der Waals surface area contributed by atoms with Gasteiger partial charge in [-0.15, -0.1) is 0 Å². The minimum atomic E-state index is -0.617. The SMILES string of the molecule is NN(Cc1ccccc1)c1noc(=O)[nH]1. The highest BCUT2D eigenvalue weighted by Gasteiger charge is 2.07. The first-order chi connectivity index (χ1) is 7.25. The molecule has 0 aliphatic rings. The van der Waals surface area contributed by atoms with Crippen LogP contribution in [0.5, 0.6) is 0 Å². The fraction of sp³-hybridized carbons (Fsp3) is 0.111. The van der Waals surface area contributed by atoms with Gasteiger partial charge in [0.25, 0.3) is 5.95 Å². The molecule has 2 aromatic rings. The smallest absolute Gasteiger partial charge is 0.294 e. The average molecular weight is 206 g/mol. The molecule has 1 aromatic heterocycles. The van der Waals surface area contributed by atoms with E-state index in [0.29, 0.717) is 6.54 Å². The van der Waals surface area contributed by atoms with Crippen molar-refractivity contribution in [1.29, 1.82) is 0 Å². The topological polar surface area (TPSA) is 88.2 Å². The molecule has 0 atom stereocenters. The van der Waals surface area contributed by atoms with Gasteiger partial charge in [-0.2, -0.15) is 0 Å². The number of nitrogens with zero attached hydrogens (tertiary/aromatic N) is 2. The predicted molar refractivity (Wildman–Crippen MR) is 53.9 cm³/mol. The van der Waals surface area contributed by atoms with Crippen LogP contribution in [0.25, 0.3) is 0 Å². The molecule has 3 N–H and O–H groups in total. The second-order valence-electron chi connectivity index (χ2n) is 3.03. The van der Waals surface area contributed by atoms with E-state index in [1.54, 1.807) is 0 Å². The van der Waals surface area contributed by atoms with E-state index < -0.39 is 5.76 Å². The third-order valence-corrected chi connectivity index (χ3v) is 1.90. The standard InChI is InChI=1S/C9H10N4O2/c10-13(8-11-9(14)15-12-8)6-7-4-2-1-3-5-7/h1-5H,6,10H2,(H,11,12,14). The van der Waals surface area contributed by atoms with E-state index in [1.165, 1.54) is 5.01 Å². The average Bonchev–Trinajstić information content (AvgIpc) is 2.66. The summed E-state index contributed by atoms with van der Waals surface area (Å²) in [7, 11) is 0. The fourth-order valence-electron chi connectivity index (χ4n) is 1.20. The van der Waals surface area contributed by atoms with Gasteiger partial charge in [-0.1, -0.05) is 30.3 Å². The summed E-state index contributed by atoms with van der Waals surface area (Å²) in [6.45, 7) is 0.448. The van der Waals surface area contributed by atoms with Crippen molar-refractivity contribution in [3.05, 3.63) is 46.4 Å². The van der Waals surface area contributed by atoms with Crippen molar-refractivity contribution in [2.24, 2.45) is 5.84 Å². The molecule has 6 nitrogen and oxygen atoms in total. The Hall–Kier alpha value is -2.08. The van der Waals surface area contributed by atoms with E-state index in [1.807, 2.05) is 30.3 Å². The van der Waals surface area contributed by atoms with Crippen molar-refractivity contribution in [2.45, 2.75) is 6.54 Å². The third-order valence-electron chi connectivity index (χ3n) is 1.90. The summed E-state index contributed by atoms with van der Waals surface area (Å²) in [5, 5.41) is 4.78. The molecule has 2 rings (SSSR count). The van der Waals surface area contributed by atoms with Gasteiger partial charge in [0.2, 0.25) is 0 Å². The van der Waals surface area contributed by atoms with Crippen LogP contribution in [0.1, 0.15) is 5.56 Å². The molecule has 0 fully saturated rings. The molecular weight excluding hydrogens is 196 g/mol. The van der Waals surface area contributed by atoms with Crippen LogP contribution in [0.4, 0.5) is 5.95 Å². The number of aromatic nitrogens is 2. The van der Waals surface area contributed by atoms with Crippen molar-refractivity contribution >= 4 is 5.95 Å². The lowest BCUT2D eigenvalue weighted by Gasteiger charge is -2.13. The van der Waals surface area contributed by atoms with Crippen LogP contribution < -0.4 is 16.6 Å². The molecule has 1 aromatic carbocycles. The van der Waals surface area contributed by atoms with Crippen LogP contribution >= 0.6 is 0 Å². The Morgan fingerprint density at radius 1 is 1.40 bits per heavy atom. The maximum absolute atomic E-state index is 10.7. The molecule has 15 heavy (non-hydrogen) atoms. The summed E-state index contributed by atoms with van der Waals surface area (Å²) in [6.07, 6.45) is 0. The second kappa shape index (κ2) is 3.97. The lowest BCUT2D eigenvalue weighted by Crippen LogP contribution is -2.31. The highest BCUT2D eigenvalue weighted by molar-refractivity contribution is 5.27. The number of benzene rings is 1. The lowest BCUT2D eigenvalue weighted by molar-refractivity contribution is 0.386. The Morgan fingerprint density at radius 3 is 2.73 bits per heavy atom. The van der Waals surface area contributed by atoms with E-state index in [-0.39, 0.29) is 5.95 Å². The van der Waals surface area contributed by atoms with Gasteiger partial charge in [-0.25, -0.2) is 10.6 Å². The monoisotopic (exact) mass is 206 g/mol. The summed E-state index contributed by atoms with van der Waals surface area (Å²) >= 11 is 0. The Labute approximate surface area is 85.3 Å². The van der Waals surface area contributed by atoms with E-state index in [2.05, 4.69) is 14.7 Å². The molecule has 0 spiro atoms. The van der Waals surface area contributed by atoms with Crippen molar-refractivity contribution in [1.82, 2.24) is 10.1 Å². The number of hydrazine groups is 1. The van der Waals surface area contributed by atoms with E-state index >= 15 is 0 Å². The van der Waals surface area contributed by atoms with E-state index in [9.17, 15) is 4.79 Å². The number of hydrogen-bond donors (Lipinski definition) is 2. The van der Waals surface area contributed by atoms with Gasteiger partial charge in [-0.05, 0) is 10.7 Å². The van der Waals surface area contributed by atoms with Crippen LogP contribution in [0.2, 0.25) is 0 Å². The van der Waals surface area contributed by atoms with Crippen molar-refractivity contribution in [3.63, 3.8) is 0 Å². The number of nitrogens with two attached hydrogens (primary N) is 1. The van der Waals surface area contributed by atoms with Crippen molar-refractivity contribution in [2.75, 3.05) is 5.01 Å². The van der Waals surface area contributed by atoms with Gasteiger partial charge >= 0.3 is 5.76 Å². The van der Waals surface area contributed by atoms with Crippen molar-refractivity contribution in [3.8, 4) is 0 Å². The molecule has 1 heterocycles. The zero-order valence-corrected chi connectivity index (χ0v) is 7.88. The molecule has 78 valence electrons. The molecule has 0 aliphatic carbocycles. The Morgan fingerprint density at radius 2 is 2.13 bits per heavy atom. The normalized spacial score (nSPS) is 10.2. The highest BCUT2D eigenvalue weighted by Crippen LogP contribution is 2.05. The molecule has 0 unspecified atom stereocenters. The summed E-state index contributed by atoms with van der Waals surface area (Å²) in [5.41, 5.74) is 1.02. The third kappa shape index (κ3) is 2.23. The number of H-pyrrole nitrogens is 1. The first kappa shape index (κ1) is 9.47. The number of anilines is 1. The zero-order chi connectivity index (χ0) is 10.7. The zero-order valence-electron chi connectivity index (χ0n) is 7.88. The molecule has 0 radical (unpaired) electrons. The van der Waals surface area contributed by atoms with Crippen LogP contribution in [-0.2, 0) is 6.54 Å². The highest BCUT2D eigenvalue weighted by atomic mass is 16.5. The summed E-state index contributed by atoms with van der Waals surface area (Å²) < 4.78 is 4.34. The number of hydrogen-bond acceptors (Lipinski definition) is 5. The molecule has 0 aliphatic heterocycles. The molecule has 0 saturated carbocycles.